The summed E-state index contributed by atoms with van der Waals surface area (Å²) in [6, 6.07) is 9.02. The van der Waals surface area contributed by atoms with Crippen LogP contribution in [0.1, 0.15) is 121 Å². The van der Waals surface area contributed by atoms with Crippen LogP contribution in [0.5, 0.6) is 0 Å². The fourth-order valence-corrected chi connectivity index (χ4v) is 5.39. The molecule has 176 valence electrons. The minimum atomic E-state index is 0.301. The van der Waals surface area contributed by atoms with Crippen molar-refractivity contribution >= 4 is 11.6 Å². The normalized spacial score (nSPS) is 18.7. The van der Waals surface area contributed by atoms with Crippen molar-refractivity contribution in [3.63, 3.8) is 0 Å². The van der Waals surface area contributed by atoms with Gasteiger partial charge in [0, 0.05) is 18.0 Å². The first kappa shape index (κ1) is 25.2. The number of rotatable bonds is 14. The molecule has 0 saturated heterocycles. The van der Waals surface area contributed by atoms with Crippen LogP contribution < -0.4 is 0 Å². The van der Waals surface area contributed by atoms with Crippen molar-refractivity contribution in [1.29, 1.82) is 0 Å². The zero-order valence-electron chi connectivity index (χ0n) is 20.2. The van der Waals surface area contributed by atoms with E-state index in [4.69, 9.17) is 11.6 Å². The molecule has 0 amide bonds. The second-order valence-corrected chi connectivity index (χ2v) is 10.2. The van der Waals surface area contributed by atoms with Crippen molar-refractivity contribution in [2.45, 2.75) is 116 Å². The van der Waals surface area contributed by atoms with E-state index in [1.165, 1.54) is 108 Å². The summed E-state index contributed by atoms with van der Waals surface area (Å²) in [7, 11) is 0. The molecule has 2 aromatic rings. The lowest BCUT2D eigenvalue weighted by atomic mass is 9.77. The monoisotopic (exact) mass is 454 g/mol. The quantitative estimate of drug-likeness (QED) is 0.209. The van der Waals surface area contributed by atoms with Crippen molar-refractivity contribution in [2.75, 3.05) is 0 Å². The van der Waals surface area contributed by atoms with Crippen molar-refractivity contribution < 1.29 is 0 Å². The largest absolute Gasteiger partial charge is 0.226 e. The Morgan fingerprint density at radius 3 is 1.78 bits per heavy atom. The van der Waals surface area contributed by atoms with Gasteiger partial charge in [0.1, 0.15) is 0 Å². The third kappa shape index (κ3) is 8.85. The number of hydrogen-bond acceptors (Lipinski definition) is 2. The van der Waals surface area contributed by atoms with E-state index in [1.807, 2.05) is 0 Å². The molecule has 1 heterocycles. The van der Waals surface area contributed by atoms with Crippen LogP contribution in [-0.2, 0) is 0 Å². The van der Waals surface area contributed by atoms with Gasteiger partial charge in [0.05, 0.1) is 0 Å². The molecular weight excluding hydrogens is 412 g/mol. The first-order valence-electron chi connectivity index (χ1n) is 13.3. The number of halogens is 1. The molecule has 0 N–H and O–H groups in total. The summed E-state index contributed by atoms with van der Waals surface area (Å²) in [5, 5.41) is 0.301. The molecule has 1 aliphatic carbocycles. The summed E-state index contributed by atoms with van der Waals surface area (Å²) in [6.07, 6.45) is 26.5. The Labute approximate surface area is 201 Å². The summed E-state index contributed by atoms with van der Waals surface area (Å²) in [4.78, 5) is 8.18. The van der Waals surface area contributed by atoms with Crippen LogP contribution in [0.2, 0.25) is 5.28 Å². The van der Waals surface area contributed by atoms with Crippen molar-refractivity contribution in [3.8, 4) is 11.1 Å². The Bertz CT molecular complexity index is 733. The average Bonchev–Trinajstić information content (AvgIpc) is 2.84. The van der Waals surface area contributed by atoms with Gasteiger partial charge in [0.25, 0.3) is 0 Å². The molecule has 1 aromatic heterocycles. The Balaban J connectivity index is 1.25. The highest BCUT2D eigenvalue weighted by Gasteiger charge is 2.22. The van der Waals surface area contributed by atoms with E-state index in [2.05, 4.69) is 41.2 Å². The minimum absolute atomic E-state index is 0.301. The Morgan fingerprint density at radius 2 is 1.22 bits per heavy atom. The van der Waals surface area contributed by atoms with E-state index in [1.54, 1.807) is 12.4 Å². The summed E-state index contributed by atoms with van der Waals surface area (Å²) < 4.78 is 0. The zero-order chi connectivity index (χ0) is 22.4. The van der Waals surface area contributed by atoms with Crippen LogP contribution in [0.15, 0.2) is 36.7 Å². The van der Waals surface area contributed by atoms with Gasteiger partial charge in [-0.25, -0.2) is 9.97 Å². The van der Waals surface area contributed by atoms with E-state index in [9.17, 15) is 0 Å². The molecule has 3 rings (SSSR count). The number of benzene rings is 1. The number of hydrogen-bond donors (Lipinski definition) is 0. The average molecular weight is 455 g/mol. The zero-order valence-corrected chi connectivity index (χ0v) is 21.0. The topological polar surface area (TPSA) is 25.8 Å². The van der Waals surface area contributed by atoms with Gasteiger partial charge in [0.2, 0.25) is 5.28 Å². The van der Waals surface area contributed by atoms with Crippen LogP contribution in [0.3, 0.4) is 0 Å². The molecule has 1 aliphatic rings. The maximum absolute atomic E-state index is 5.80. The SMILES string of the molecule is CCCCCCCCCCCCC[C@H]1CC[C@H](c2ccc(-c3cnc(Cl)nc3)cc2)CC1. The Morgan fingerprint density at radius 1 is 0.688 bits per heavy atom. The lowest BCUT2D eigenvalue weighted by molar-refractivity contribution is 0.301. The first-order chi connectivity index (χ1) is 15.8. The van der Waals surface area contributed by atoms with Crippen LogP contribution in [-0.4, -0.2) is 9.97 Å². The van der Waals surface area contributed by atoms with E-state index in [0.717, 1.165) is 23.0 Å². The number of aromatic nitrogens is 2. The molecule has 2 nitrogen and oxygen atoms in total. The van der Waals surface area contributed by atoms with Gasteiger partial charge in [-0.2, -0.15) is 0 Å². The van der Waals surface area contributed by atoms with Gasteiger partial charge in [-0.3, -0.25) is 0 Å². The maximum atomic E-state index is 5.80. The van der Waals surface area contributed by atoms with Crippen LogP contribution in [0.25, 0.3) is 11.1 Å². The molecule has 3 heteroatoms. The third-order valence-electron chi connectivity index (χ3n) is 7.40. The van der Waals surface area contributed by atoms with Gasteiger partial charge < -0.3 is 0 Å². The van der Waals surface area contributed by atoms with Gasteiger partial charge in [-0.1, -0.05) is 108 Å². The van der Waals surface area contributed by atoms with Crippen molar-refractivity contribution in [1.82, 2.24) is 9.97 Å². The molecule has 1 saturated carbocycles. The predicted molar refractivity (Wildman–Crippen MR) is 138 cm³/mol. The molecule has 32 heavy (non-hydrogen) atoms. The van der Waals surface area contributed by atoms with Gasteiger partial charge in [-0.05, 0) is 60.2 Å². The highest BCUT2D eigenvalue weighted by Crippen LogP contribution is 2.38. The Kier molecular flexibility index (Phi) is 11.6. The number of unbranched alkanes of at least 4 members (excludes halogenated alkanes) is 10. The van der Waals surface area contributed by atoms with Gasteiger partial charge in [0.15, 0.2) is 0 Å². The summed E-state index contributed by atoms with van der Waals surface area (Å²) in [5.74, 6) is 1.70. The van der Waals surface area contributed by atoms with Crippen molar-refractivity contribution in [2.24, 2.45) is 5.92 Å². The van der Waals surface area contributed by atoms with Crippen molar-refractivity contribution in [3.05, 3.63) is 47.5 Å². The van der Waals surface area contributed by atoms with E-state index < -0.39 is 0 Å². The molecule has 0 atom stereocenters. The molecule has 1 aromatic carbocycles. The summed E-state index contributed by atoms with van der Waals surface area (Å²) >= 11 is 5.80. The maximum Gasteiger partial charge on any atom is 0.222 e. The van der Waals surface area contributed by atoms with E-state index in [0.29, 0.717) is 5.28 Å². The highest BCUT2D eigenvalue weighted by molar-refractivity contribution is 6.28. The van der Waals surface area contributed by atoms with Gasteiger partial charge >= 0.3 is 0 Å². The fourth-order valence-electron chi connectivity index (χ4n) is 5.29. The van der Waals surface area contributed by atoms with E-state index in [-0.39, 0.29) is 0 Å². The summed E-state index contributed by atoms with van der Waals surface area (Å²) in [6.45, 7) is 2.30. The molecule has 0 unspecified atom stereocenters. The molecular formula is C29H43ClN2. The van der Waals surface area contributed by atoms with Crippen LogP contribution in [0.4, 0.5) is 0 Å². The third-order valence-corrected chi connectivity index (χ3v) is 7.59. The lowest BCUT2D eigenvalue weighted by Gasteiger charge is -2.29. The van der Waals surface area contributed by atoms with E-state index >= 15 is 0 Å². The minimum Gasteiger partial charge on any atom is -0.226 e. The molecule has 0 spiro atoms. The van der Waals surface area contributed by atoms with Crippen LogP contribution >= 0.6 is 11.6 Å². The highest BCUT2D eigenvalue weighted by atomic mass is 35.5. The predicted octanol–water partition coefficient (Wildman–Crippen LogP) is 9.77. The molecule has 0 aliphatic heterocycles. The smallest absolute Gasteiger partial charge is 0.222 e. The second kappa shape index (κ2) is 14.7. The molecule has 0 radical (unpaired) electrons. The summed E-state index contributed by atoms with van der Waals surface area (Å²) in [5.41, 5.74) is 3.68. The first-order valence-corrected chi connectivity index (χ1v) is 13.7. The molecule has 0 bridgehead atoms. The number of nitrogens with zero attached hydrogens (tertiary/aromatic N) is 2. The molecule has 1 fully saturated rings. The Hall–Kier alpha value is -1.41. The lowest BCUT2D eigenvalue weighted by Crippen LogP contribution is -2.13. The van der Waals surface area contributed by atoms with Crippen LogP contribution in [0, 0.1) is 5.92 Å². The second-order valence-electron chi connectivity index (χ2n) is 9.90. The standard InChI is InChI=1S/C29H43ClN2/c1-2-3-4-5-6-7-8-9-10-11-12-13-24-14-16-25(17-15-24)26-18-20-27(21-19-26)28-22-31-29(30)32-23-28/h18-25H,2-17H2,1H3/t24-,25-. The fraction of sp³-hybridized carbons (Fsp3) is 0.655. The van der Waals surface area contributed by atoms with Gasteiger partial charge in [-0.15, -0.1) is 0 Å².